The van der Waals surface area contributed by atoms with Gasteiger partial charge in [-0.3, -0.25) is 4.79 Å². The molecule has 1 N–H and O–H groups in total. The molecule has 1 aliphatic heterocycles. The number of hydrogen-bond acceptors (Lipinski definition) is 4. The molecule has 0 aromatic rings. The average Bonchev–Trinajstić information content (AvgIpc) is 2.99. The third-order valence-electron chi connectivity index (χ3n) is 4.82. The molecule has 2 aliphatic rings. The van der Waals surface area contributed by atoms with E-state index in [9.17, 15) is 9.90 Å². The number of hydrogen-bond donors (Lipinski definition) is 1. The van der Waals surface area contributed by atoms with Crippen molar-refractivity contribution < 1.29 is 19.4 Å². The minimum atomic E-state index is -0.592. The van der Waals surface area contributed by atoms with Crippen LogP contribution in [-0.4, -0.2) is 35.0 Å². The van der Waals surface area contributed by atoms with Crippen molar-refractivity contribution in [3.8, 4) is 0 Å². The van der Waals surface area contributed by atoms with E-state index >= 15 is 0 Å². The predicted octanol–water partition coefficient (Wildman–Crippen LogP) is 2.84. The molecule has 1 aliphatic carbocycles. The highest BCUT2D eigenvalue weighted by Crippen LogP contribution is 2.46. The largest absolute Gasteiger partial charge is 0.462 e. The molecular formula is C17H28O4. The fourth-order valence-corrected chi connectivity index (χ4v) is 3.61. The lowest BCUT2D eigenvalue weighted by Crippen LogP contribution is -2.43. The van der Waals surface area contributed by atoms with Crippen molar-refractivity contribution in [1.82, 2.24) is 0 Å². The maximum atomic E-state index is 11.4. The van der Waals surface area contributed by atoms with E-state index in [0.29, 0.717) is 6.42 Å². The number of aliphatic hydroxyl groups is 1. The van der Waals surface area contributed by atoms with Crippen LogP contribution in [0.1, 0.15) is 53.9 Å². The zero-order valence-electron chi connectivity index (χ0n) is 13.8. The van der Waals surface area contributed by atoms with Crippen LogP contribution >= 0.6 is 0 Å². The van der Waals surface area contributed by atoms with E-state index in [1.165, 1.54) is 12.5 Å². The average molecular weight is 296 g/mol. The zero-order chi connectivity index (χ0) is 15.8. The summed E-state index contributed by atoms with van der Waals surface area (Å²) in [5.74, 6) is -0.186. The quantitative estimate of drug-likeness (QED) is 0.483. The minimum absolute atomic E-state index is 0.109. The summed E-state index contributed by atoms with van der Waals surface area (Å²) in [5.41, 5.74) is 0.975. The van der Waals surface area contributed by atoms with Gasteiger partial charge in [-0.2, -0.15) is 0 Å². The molecule has 2 rings (SSSR count). The van der Waals surface area contributed by atoms with Gasteiger partial charge in [0, 0.05) is 19.3 Å². The fourth-order valence-electron chi connectivity index (χ4n) is 3.61. The number of fused-ring (bicyclic) bond motifs is 1. The lowest BCUT2D eigenvalue weighted by molar-refractivity contribution is -0.153. The second-order valence-electron chi connectivity index (χ2n) is 7.10. The number of rotatable bonds is 2. The summed E-state index contributed by atoms with van der Waals surface area (Å²) in [6.07, 6.45) is 3.72. The maximum absolute atomic E-state index is 11.4. The molecule has 0 bridgehead atoms. The summed E-state index contributed by atoms with van der Waals surface area (Å²) in [5, 5.41) is 10.8. The van der Waals surface area contributed by atoms with Crippen LogP contribution in [0.25, 0.3) is 0 Å². The van der Waals surface area contributed by atoms with Gasteiger partial charge in [-0.1, -0.05) is 25.5 Å². The summed E-state index contributed by atoms with van der Waals surface area (Å²) < 4.78 is 11.3. The Morgan fingerprint density at radius 3 is 2.76 bits per heavy atom. The summed E-state index contributed by atoms with van der Waals surface area (Å²) in [6, 6.07) is 0. The van der Waals surface area contributed by atoms with Gasteiger partial charge in [-0.15, -0.1) is 0 Å². The predicted molar refractivity (Wildman–Crippen MR) is 80.8 cm³/mol. The van der Waals surface area contributed by atoms with E-state index in [2.05, 4.69) is 33.8 Å². The lowest BCUT2D eigenvalue weighted by atomic mass is 9.78. The fraction of sp³-hybridized carbons (Fsp3) is 0.824. The molecule has 5 atom stereocenters. The van der Waals surface area contributed by atoms with Gasteiger partial charge in [0.25, 0.3) is 0 Å². The topological polar surface area (TPSA) is 59.1 Å². The van der Waals surface area contributed by atoms with Gasteiger partial charge in [0.1, 0.15) is 12.2 Å². The monoisotopic (exact) mass is 296 g/mol. The Morgan fingerprint density at radius 2 is 2.19 bits per heavy atom. The van der Waals surface area contributed by atoms with Gasteiger partial charge in [0.15, 0.2) is 0 Å². The summed E-state index contributed by atoms with van der Waals surface area (Å²) >= 11 is 0. The molecular weight excluding hydrogens is 268 g/mol. The summed E-state index contributed by atoms with van der Waals surface area (Å²) in [6.45, 7) is 9.68. The molecule has 0 radical (unpaired) electrons. The smallest absolute Gasteiger partial charge is 0.302 e. The molecule has 21 heavy (non-hydrogen) atoms. The first-order valence-corrected chi connectivity index (χ1v) is 7.93. The van der Waals surface area contributed by atoms with E-state index in [1.54, 1.807) is 0 Å². The molecule has 1 heterocycles. The normalized spacial score (nSPS) is 40.2. The Labute approximate surface area is 127 Å². The summed E-state index contributed by atoms with van der Waals surface area (Å²) in [4.78, 5) is 11.4. The van der Waals surface area contributed by atoms with E-state index in [1.807, 2.05) is 0 Å². The number of esters is 1. The molecule has 120 valence electrons. The molecule has 0 aromatic heterocycles. The van der Waals surface area contributed by atoms with Crippen molar-refractivity contribution in [3.63, 3.8) is 0 Å². The number of carbonyl (C=O) groups excluding carboxylic acids is 1. The SMILES string of the molecule is CC(=O)O[C@@H]1CC(C)=CCC[C@@]2(C)O[C@@H]2[C@H](O)[C@@H]1C(C)C. The highest BCUT2D eigenvalue weighted by Gasteiger charge is 2.58. The van der Waals surface area contributed by atoms with Crippen LogP contribution in [0.3, 0.4) is 0 Å². The van der Waals surface area contributed by atoms with Crippen molar-refractivity contribution in [2.75, 3.05) is 0 Å². The Morgan fingerprint density at radius 1 is 1.52 bits per heavy atom. The first-order chi connectivity index (χ1) is 9.74. The van der Waals surface area contributed by atoms with Gasteiger partial charge in [0.2, 0.25) is 0 Å². The third-order valence-corrected chi connectivity index (χ3v) is 4.82. The van der Waals surface area contributed by atoms with Crippen LogP contribution in [0.2, 0.25) is 0 Å². The van der Waals surface area contributed by atoms with Crippen LogP contribution in [0, 0.1) is 11.8 Å². The van der Waals surface area contributed by atoms with Crippen LogP contribution in [0.5, 0.6) is 0 Å². The molecule has 1 fully saturated rings. The molecule has 4 nitrogen and oxygen atoms in total. The third kappa shape index (κ3) is 3.67. The Balaban J connectivity index is 2.29. The van der Waals surface area contributed by atoms with Crippen molar-refractivity contribution in [1.29, 1.82) is 0 Å². The molecule has 1 saturated heterocycles. The van der Waals surface area contributed by atoms with E-state index in [0.717, 1.165) is 12.8 Å². The van der Waals surface area contributed by atoms with Crippen molar-refractivity contribution in [3.05, 3.63) is 11.6 Å². The van der Waals surface area contributed by atoms with Gasteiger partial charge < -0.3 is 14.6 Å². The standard InChI is InChI=1S/C17H28O4/c1-10(2)14-13(20-12(4)18)9-11(3)7-6-8-17(5)16(21-17)15(14)19/h7,10,13-16,19H,6,8-9H2,1-5H3/t13-,14-,15-,16-,17-/m1/s1. The number of allylic oxidation sites excluding steroid dienone is 1. The number of aliphatic hydroxyl groups excluding tert-OH is 1. The lowest BCUT2D eigenvalue weighted by Gasteiger charge is -2.34. The number of ether oxygens (including phenoxy) is 2. The molecule has 0 amide bonds. The highest BCUT2D eigenvalue weighted by molar-refractivity contribution is 5.66. The molecule has 0 saturated carbocycles. The van der Waals surface area contributed by atoms with Crippen molar-refractivity contribution >= 4 is 5.97 Å². The summed E-state index contributed by atoms with van der Waals surface area (Å²) in [7, 11) is 0. The van der Waals surface area contributed by atoms with Gasteiger partial charge in [-0.05, 0) is 32.6 Å². The molecule has 4 heteroatoms. The number of carbonyl (C=O) groups is 1. The first kappa shape index (κ1) is 16.5. The van der Waals surface area contributed by atoms with Crippen LogP contribution in [-0.2, 0) is 14.3 Å². The molecule has 0 unspecified atom stereocenters. The van der Waals surface area contributed by atoms with E-state index in [-0.39, 0.29) is 35.6 Å². The van der Waals surface area contributed by atoms with Crippen molar-refractivity contribution in [2.24, 2.45) is 11.8 Å². The van der Waals surface area contributed by atoms with Crippen molar-refractivity contribution in [2.45, 2.75) is 77.8 Å². The second kappa shape index (κ2) is 6.09. The van der Waals surface area contributed by atoms with Gasteiger partial charge >= 0.3 is 5.97 Å². The Bertz CT molecular complexity index is 429. The van der Waals surface area contributed by atoms with Crippen LogP contribution in [0.15, 0.2) is 11.6 Å². The van der Waals surface area contributed by atoms with Gasteiger partial charge in [0.05, 0.1) is 11.7 Å². The zero-order valence-corrected chi connectivity index (χ0v) is 13.8. The minimum Gasteiger partial charge on any atom is -0.462 e. The number of epoxide rings is 1. The first-order valence-electron chi connectivity index (χ1n) is 7.93. The Hall–Kier alpha value is -0.870. The van der Waals surface area contributed by atoms with E-state index in [4.69, 9.17) is 9.47 Å². The maximum Gasteiger partial charge on any atom is 0.302 e. The highest BCUT2D eigenvalue weighted by atomic mass is 16.6. The molecule has 0 spiro atoms. The Kier molecular flexibility index (Phi) is 4.79. The molecule has 0 aromatic carbocycles. The van der Waals surface area contributed by atoms with Crippen LogP contribution < -0.4 is 0 Å². The second-order valence-corrected chi connectivity index (χ2v) is 7.10. The van der Waals surface area contributed by atoms with Crippen LogP contribution in [0.4, 0.5) is 0 Å². The van der Waals surface area contributed by atoms with E-state index < -0.39 is 6.10 Å². The van der Waals surface area contributed by atoms with Gasteiger partial charge in [-0.25, -0.2) is 0 Å².